The van der Waals surface area contributed by atoms with Gasteiger partial charge in [0.05, 0.1) is 12.2 Å². The van der Waals surface area contributed by atoms with Crippen molar-refractivity contribution in [2.45, 2.75) is 24.4 Å². The predicted octanol–water partition coefficient (Wildman–Crippen LogP) is 2.77. The highest BCUT2D eigenvalue weighted by Crippen LogP contribution is 2.48. The molecule has 2 N–H and O–H groups in total. The lowest BCUT2D eigenvalue weighted by atomic mass is 9.95. The van der Waals surface area contributed by atoms with Crippen molar-refractivity contribution in [3.63, 3.8) is 0 Å². The van der Waals surface area contributed by atoms with Gasteiger partial charge in [0.25, 0.3) is 0 Å². The number of alkyl halides is 3. The van der Waals surface area contributed by atoms with Crippen molar-refractivity contribution in [3.05, 3.63) is 35.1 Å². The van der Waals surface area contributed by atoms with E-state index in [1.54, 1.807) is 0 Å². The summed E-state index contributed by atoms with van der Waals surface area (Å²) in [5.74, 6) is 3.70. The minimum absolute atomic E-state index is 0.192. The van der Waals surface area contributed by atoms with E-state index in [1.165, 1.54) is 6.07 Å². The fraction of sp³-hybridized carbons (Fsp3) is 0.455. The van der Waals surface area contributed by atoms with Gasteiger partial charge in [0.2, 0.25) is 0 Å². The van der Waals surface area contributed by atoms with Crippen LogP contribution in [0.1, 0.15) is 24.0 Å². The highest BCUT2D eigenvalue weighted by molar-refractivity contribution is 5.35. The van der Waals surface area contributed by atoms with Crippen LogP contribution in [0.3, 0.4) is 0 Å². The first-order valence-electron chi connectivity index (χ1n) is 5.08. The molecule has 1 aromatic carbocycles. The van der Waals surface area contributed by atoms with E-state index in [0.717, 1.165) is 25.0 Å². The van der Waals surface area contributed by atoms with Crippen molar-refractivity contribution in [1.29, 1.82) is 0 Å². The summed E-state index contributed by atoms with van der Waals surface area (Å²) in [7, 11) is 0. The van der Waals surface area contributed by atoms with Crippen LogP contribution < -0.4 is 5.90 Å². The average molecular weight is 249 g/mol. The maximum atomic E-state index is 13.4. The number of rotatable bonds is 3. The van der Waals surface area contributed by atoms with Crippen LogP contribution in [-0.2, 0) is 16.4 Å². The normalized spacial score (nSPS) is 18.2. The van der Waals surface area contributed by atoms with Crippen molar-refractivity contribution in [2.75, 3.05) is 6.61 Å². The highest BCUT2D eigenvalue weighted by Gasteiger charge is 2.45. The van der Waals surface area contributed by atoms with E-state index in [9.17, 15) is 17.6 Å². The number of hydrogen-bond acceptors (Lipinski definition) is 2. The maximum absolute atomic E-state index is 13.4. The van der Waals surface area contributed by atoms with Crippen molar-refractivity contribution in [2.24, 2.45) is 5.90 Å². The first-order valence-corrected chi connectivity index (χ1v) is 5.08. The maximum Gasteiger partial charge on any atom is 0.419 e. The Morgan fingerprint density at radius 2 is 1.94 bits per heavy atom. The Kier molecular flexibility index (Phi) is 2.87. The zero-order chi connectivity index (χ0) is 12.7. The molecule has 0 aliphatic heterocycles. The van der Waals surface area contributed by atoms with E-state index < -0.39 is 23.0 Å². The summed E-state index contributed by atoms with van der Waals surface area (Å²) in [6.45, 7) is 0.192. The Hall–Kier alpha value is -1.14. The van der Waals surface area contributed by atoms with Gasteiger partial charge < -0.3 is 4.84 Å². The molecular weight excluding hydrogens is 238 g/mol. The van der Waals surface area contributed by atoms with Crippen LogP contribution in [0.2, 0.25) is 0 Å². The van der Waals surface area contributed by atoms with Crippen LogP contribution in [0.15, 0.2) is 18.2 Å². The van der Waals surface area contributed by atoms with Crippen LogP contribution in [-0.4, -0.2) is 6.61 Å². The van der Waals surface area contributed by atoms with Crippen molar-refractivity contribution >= 4 is 0 Å². The Bertz CT molecular complexity index is 426. The molecule has 0 atom stereocenters. The Morgan fingerprint density at radius 3 is 2.35 bits per heavy atom. The molecule has 6 heteroatoms. The first kappa shape index (κ1) is 12.3. The molecule has 17 heavy (non-hydrogen) atoms. The second kappa shape index (κ2) is 3.96. The molecule has 2 rings (SSSR count). The van der Waals surface area contributed by atoms with E-state index in [-0.39, 0.29) is 6.61 Å². The molecule has 0 amide bonds. The fourth-order valence-electron chi connectivity index (χ4n) is 1.90. The molecular formula is C11H11F4NO. The summed E-state index contributed by atoms with van der Waals surface area (Å²) >= 11 is 0. The Morgan fingerprint density at radius 1 is 1.29 bits per heavy atom. The smallest absolute Gasteiger partial charge is 0.304 e. The molecule has 2 nitrogen and oxygen atoms in total. The first-order chi connectivity index (χ1) is 7.89. The second-order valence-electron chi connectivity index (χ2n) is 4.28. The highest BCUT2D eigenvalue weighted by atomic mass is 19.4. The van der Waals surface area contributed by atoms with Crippen molar-refractivity contribution in [1.82, 2.24) is 0 Å². The molecule has 1 aliphatic carbocycles. The molecule has 0 unspecified atom stereocenters. The molecule has 0 spiro atoms. The zero-order valence-corrected chi connectivity index (χ0v) is 8.85. The van der Waals surface area contributed by atoms with Crippen molar-refractivity contribution in [3.8, 4) is 0 Å². The third kappa shape index (κ3) is 2.28. The third-order valence-electron chi connectivity index (χ3n) is 3.10. The van der Waals surface area contributed by atoms with Gasteiger partial charge in [-0.1, -0.05) is 6.07 Å². The van der Waals surface area contributed by atoms with E-state index in [2.05, 4.69) is 4.84 Å². The number of benzene rings is 1. The van der Waals surface area contributed by atoms with E-state index in [4.69, 9.17) is 5.90 Å². The van der Waals surface area contributed by atoms with E-state index in [0.29, 0.717) is 5.56 Å². The van der Waals surface area contributed by atoms with Gasteiger partial charge in [0.15, 0.2) is 0 Å². The summed E-state index contributed by atoms with van der Waals surface area (Å²) in [5.41, 5.74) is -1.14. The fourth-order valence-corrected chi connectivity index (χ4v) is 1.90. The van der Waals surface area contributed by atoms with E-state index in [1.807, 2.05) is 0 Å². The molecule has 94 valence electrons. The third-order valence-corrected chi connectivity index (χ3v) is 3.10. The van der Waals surface area contributed by atoms with Gasteiger partial charge >= 0.3 is 6.18 Å². The minimum Gasteiger partial charge on any atom is -0.304 e. The van der Waals surface area contributed by atoms with Gasteiger partial charge in [-0.3, -0.25) is 0 Å². The summed E-state index contributed by atoms with van der Waals surface area (Å²) in [4.78, 5) is 4.52. The summed E-state index contributed by atoms with van der Waals surface area (Å²) < 4.78 is 50.4. The van der Waals surface area contributed by atoms with Crippen LogP contribution in [0, 0.1) is 5.82 Å². The van der Waals surface area contributed by atoms with Gasteiger partial charge in [-0.15, -0.1) is 0 Å². The van der Waals surface area contributed by atoms with Gasteiger partial charge in [-0.25, -0.2) is 10.3 Å². The van der Waals surface area contributed by atoms with Crippen LogP contribution >= 0.6 is 0 Å². The van der Waals surface area contributed by atoms with Crippen molar-refractivity contribution < 1.29 is 22.4 Å². The molecule has 1 aliphatic rings. The molecule has 0 saturated heterocycles. The lowest BCUT2D eigenvalue weighted by Crippen LogP contribution is -2.19. The molecule has 1 aromatic rings. The van der Waals surface area contributed by atoms with Crippen LogP contribution in [0.5, 0.6) is 0 Å². The second-order valence-corrected chi connectivity index (χ2v) is 4.28. The average Bonchev–Trinajstić information content (AvgIpc) is 2.97. The molecule has 0 radical (unpaired) electrons. The van der Waals surface area contributed by atoms with Crippen LogP contribution in [0.25, 0.3) is 0 Å². The SMILES string of the molecule is NOCC1(c2ccc(C(F)(F)F)c(F)c2)CC1. The van der Waals surface area contributed by atoms with E-state index >= 15 is 0 Å². The van der Waals surface area contributed by atoms with Gasteiger partial charge in [0.1, 0.15) is 5.82 Å². The van der Waals surface area contributed by atoms with Gasteiger partial charge in [-0.2, -0.15) is 13.2 Å². The lowest BCUT2D eigenvalue weighted by Gasteiger charge is -2.16. The molecule has 0 aromatic heterocycles. The zero-order valence-electron chi connectivity index (χ0n) is 8.85. The van der Waals surface area contributed by atoms with Gasteiger partial charge in [-0.05, 0) is 30.5 Å². The standard InChI is InChI=1S/C11H11F4NO/c12-9-5-7(10(3-4-10)6-17-16)1-2-8(9)11(13,14)15/h1-2,5H,3-4,6,16H2. The summed E-state index contributed by atoms with van der Waals surface area (Å²) in [6, 6.07) is 2.98. The Balaban J connectivity index is 2.32. The number of nitrogens with two attached hydrogens (primary N) is 1. The number of hydrogen-bond donors (Lipinski definition) is 1. The molecule has 0 bridgehead atoms. The predicted molar refractivity (Wildman–Crippen MR) is 52.5 cm³/mol. The summed E-state index contributed by atoms with van der Waals surface area (Å²) in [6.07, 6.45) is -3.17. The number of halogens is 4. The molecule has 1 saturated carbocycles. The largest absolute Gasteiger partial charge is 0.419 e. The molecule has 0 heterocycles. The lowest BCUT2D eigenvalue weighted by molar-refractivity contribution is -0.140. The quantitative estimate of drug-likeness (QED) is 0.660. The topological polar surface area (TPSA) is 35.2 Å². The molecule has 1 fully saturated rings. The van der Waals surface area contributed by atoms with Gasteiger partial charge in [0, 0.05) is 5.41 Å². The van der Waals surface area contributed by atoms with Crippen LogP contribution in [0.4, 0.5) is 17.6 Å². The summed E-state index contributed by atoms with van der Waals surface area (Å²) in [5, 5.41) is 0. The minimum atomic E-state index is -4.66. The monoisotopic (exact) mass is 249 g/mol. The Labute approximate surface area is 95.3 Å².